The van der Waals surface area contributed by atoms with Crippen molar-refractivity contribution < 1.29 is 14.3 Å². The molecular weight excluding hydrogens is 358 g/mol. The summed E-state index contributed by atoms with van der Waals surface area (Å²) in [4.78, 5) is 11.8. The second-order valence-electron chi connectivity index (χ2n) is 4.11. The fraction of sp³-hybridized carbons (Fsp3) is 0.133. The van der Waals surface area contributed by atoms with Crippen molar-refractivity contribution in [1.29, 1.82) is 0 Å². The smallest absolute Gasteiger partial charge is 0.340 e. The Kier molecular flexibility index (Phi) is 5.09. The Balaban J connectivity index is 2.32. The molecule has 0 aliphatic heterocycles. The van der Waals surface area contributed by atoms with Crippen LogP contribution in [0.15, 0.2) is 40.9 Å². The largest absolute Gasteiger partial charge is 0.462 e. The SMILES string of the molecule is CCOC(=O)c1cccc(Oc2ccc(Br)cc2Cl)c1N. The number of hydrogen-bond donors (Lipinski definition) is 1. The summed E-state index contributed by atoms with van der Waals surface area (Å²) in [5.41, 5.74) is 6.45. The number of para-hydroxylation sites is 1. The molecule has 0 heterocycles. The molecule has 4 nitrogen and oxygen atoms in total. The lowest BCUT2D eigenvalue weighted by Crippen LogP contribution is -2.08. The van der Waals surface area contributed by atoms with E-state index in [-0.39, 0.29) is 17.9 Å². The Labute approximate surface area is 135 Å². The second-order valence-corrected chi connectivity index (χ2v) is 5.44. The van der Waals surface area contributed by atoms with Crippen LogP contribution >= 0.6 is 27.5 Å². The minimum atomic E-state index is -0.484. The molecule has 0 fully saturated rings. The predicted octanol–water partition coefficient (Wildman–Crippen LogP) is 4.65. The van der Waals surface area contributed by atoms with Crippen molar-refractivity contribution in [2.75, 3.05) is 12.3 Å². The van der Waals surface area contributed by atoms with Gasteiger partial charge in [0.05, 0.1) is 22.9 Å². The summed E-state index contributed by atoms with van der Waals surface area (Å²) in [6.45, 7) is 2.01. The maximum Gasteiger partial charge on any atom is 0.340 e. The van der Waals surface area contributed by atoms with Crippen molar-refractivity contribution in [3.8, 4) is 11.5 Å². The zero-order chi connectivity index (χ0) is 15.4. The van der Waals surface area contributed by atoms with E-state index in [4.69, 9.17) is 26.8 Å². The Bertz CT molecular complexity index is 676. The molecule has 0 aliphatic rings. The van der Waals surface area contributed by atoms with Gasteiger partial charge in [0.2, 0.25) is 0 Å². The molecular formula is C15H13BrClNO3. The van der Waals surface area contributed by atoms with Crippen LogP contribution in [0.2, 0.25) is 5.02 Å². The van der Waals surface area contributed by atoms with E-state index in [0.29, 0.717) is 16.5 Å². The summed E-state index contributed by atoms with van der Waals surface area (Å²) in [6.07, 6.45) is 0. The highest BCUT2D eigenvalue weighted by Crippen LogP contribution is 2.35. The minimum Gasteiger partial charge on any atom is -0.462 e. The van der Waals surface area contributed by atoms with Gasteiger partial charge < -0.3 is 15.2 Å². The quantitative estimate of drug-likeness (QED) is 0.628. The van der Waals surface area contributed by atoms with Gasteiger partial charge in [-0.3, -0.25) is 0 Å². The van der Waals surface area contributed by atoms with E-state index in [1.165, 1.54) is 0 Å². The zero-order valence-electron chi connectivity index (χ0n) is 11.2. The maximum atomic E-state index is 11.8. The van der Waals surface area contributed by atoms with Crippen LogP contribution in [0.3, 0.4) is 0 Å². The number of nitrogen functional groups attached to an aromatic ring is 1. The van der Waals surface area contributed by atoms with Crippen LogP contribution in [-0.2, 0) is 4.74 Å². The predicted molar refractivity (Wildman–Crippen MR) is 86.0 cm³/mol. The topological polar surface area (TPSA) is 61.5 Å². The van der Waals surface area contributed by atoms with Crippen LogP contribution < -0.4 is 10.5 Å². The summed E-state index contributed by atoms with van der Waals surface area (Å²) in [6, 6.07) is 10.1. The maximum absolute atomic E-state index is 11.8. The fourth-order valence-electron chi connectivity index (χ4n) is 1.70. The van der Waals surface area contributed by atoms with Crippen molar-refractivity contribution >= 4 is 39.2 Å². The molecule has 0 saturated carbocycles. The molecule has 6 heteroatoms. The third-order valence-electron chi connectivity index (χ3n) is 2.68. The third kappa shape index (κ3) is 3.68. The van der Waals surface area contributed by atoms with Gasteiger partial charge in [-0.2, -0.15) is 0 Å². The molecule has 0 saturated heterocycles. The number of carbonyl (C=O) groups excluding carboxylic acids is 1. The standard InChI is InChI=1S/C15H13BrClNO3/c1-2-20-15(19)10-4-3-5-13(14(10)18)21-12-7-6-9(16)8-11(12)17/h3-8H,2,18H2,1H3. The summed E-state index contributed by atoms with van der Waals surface area (Å²) in [7, 11) is 0. The molecule has 0 aromatic heterocycles. The number of rotatable bonds is 4. The summed E-state index contributed by atoms with van der Waals surface area (Å²) < 4.78 is 11.5. The first kappa shape index (κ1) is 15.7. The molecule has 0 spiro atoms. The van der Waals surface area contributed by atoms with E-state index >= 15 is 0 Å². The molecule has 2 rings (SSSR count). The molecule has 21 heavy (non-hydrogen) atoms. The first-order valence-corrected chi connectivity index (χ1v) is 7.38. The van der Waals surface area contributed by atoms with Crippen molar-refractivity contribution in [2.45, 2.75) is 6.92 Å². The molecule has 2 aromatic carbocycles. The molecule has 2 aromatic rings. The molecule has 0 radical (unpaired) electrons. The van der Waals surface area contributed by atoms with Gasteiger partial charge in [-0.15, -0.1) is 0 Å². The average molecular weight is 371 g/mol. The Morgan fingerprint density at radius 2 is 2.05 bits per heavy atom. The molecule has 0 aliphatic carbocycles. The molecule has 0 bridgehead atoms. The molecule has 110 valence electrons. The number of benzene rings is 2. The van der Waals surface area contributed by atoms with Crippen LogP contribution in [0.1, 0.15) is 17.3 Å². The van der Waals surface area contributed by atoms with Crippen molar-refractivity contribution in [3.63, 3.8) is 0 Å². The van der Waals surface area contributed by atoms with Crippen molar-refractivity contribution in [1.82, 2.24) is 0 Å². The number of anilines is 1. The van der Waals surface area contributed by atoms with Gasteiger partial charge >= 0.3 is 5.97 Å². The van der Waals surface area contributed by atoms with Crippen LogP contribution in [-0.4, -0.2) is 12.6 Å². The Morgan fingerprint density at radius 3 is 2.71 bits per heavy atom. The van der Waals surface area contributed by atoms with E-state index in [2.05, 4.69) is 15.9 Å². The Hall–Kier alpha value is -1.72. The third-order valence-corrected chi connectivity index (χ3v) is 3.46. The first-order chi connectivity index (χ1) is 10.0. The van der Waals surface area contributed by atoms with Crippen LogP contribution in [0.5, 0.6) is 11.5 Å². The van der Waals surface area contributed by atoms with Gasteiger partial charge in [0.1, 0.15) is 5.75 Å². The van der Waals surface area contributed by atoms with Gasteiger partial charge in [-0.05, 0) is 37.3 Å². The Morgan fingerprint density at radius 1 is 1.29 bits per heavy atom. The number of esters is 1. The lowest BCUT2D eigenvalue weighted by molar-refractivity contribution is 0.0527. The van der Waals surface area contributed by atoms with Crippen LogP contribution in [0, 0.1) is 0 Å². The van der Waals surface area contributed by atoms with E-state index in [9.17, 15) is 4.79 Å². The normalized spacial score (nSPS) is 10.2. The average Bonchev–Trinajstić information content (AvgIpc) is 2.44. The highest BCUT2D eigenvalue weighted by Gasteiger charge is 2.15. The zero-order valence-corrected chi connectivity index (χ0v) is 13.6. The van der Waals surface area contributed by atoms with E-state index in [1.807, 2.05) is 0 Å². The van der Waals surface area contributed by atoms with E-state index in [1.54, 1.807) is 43.3 Å². The van der Waals surface area contributed by atoms with Crippen molar-refractivity contribution in [3.05, 3.63) is 51.5 Å². The molecule has 0 unspecified atom stereocenters. The highest BCUT2D eigenvalue weighted by molar-refractivity contribution is 9.10. The van der Waals surface area contributed by atoms with E-state index < -0.39 is 5.97 Å². The van der Waals surface area contributed by atoms with Gasteiger partial charge in [0.25, 0.3) is 0 Å². The summed E-state index contributed by atoms with van der Waals surface area (Å²) >= 11 is 9.41. The summed E-state index contributed by atoms with van der Waals surface area (Å²) in [5.74, 6) is 0.319. The van der Waals surface area contributed by atoms with E-state index in [0.717, 1.165) is 4.47 Å². The second kappa shape index (κ2) is 6.83. The van der Waals surface area contributed by atoms with Crippen molar-refractivity contribution in [2.24, 2.45) is 0 Å². The summed E-state index contributed by atoms with van der Waals surface area (Å²) in [5, 5.41) is 0.435. The lowest BCUT2D eigenvalue weighted by Gasteiger charge is -2.12. The number of carbonyl (C=O) groups is 1. The number of halogens is 2. The number of hydrogen-bond acceptors (Lipinski definition) is 4. The minimum absolute atomic E-state index is 0.218. The van der Waals surface area contributed by atoms with Crippen LogP contribution in [0.4, 0.5) is 5.69 Å². The number of ether oxygens (including phenoxy) is 2. The highest BCUT2D eigenvalue weighted by atomic mass is 79.9. The number of nitrogens with two attached hydrogens (primary N) is 1. The molecule has 0 amide bonds. The lowest BCUT2D eigenvalue weighted by atomic mass is 10.1. The van der Waals surface area contributed by atoms with Gasteiger partial charge in [0, 0.05) is 4.47 Å². The fourth-order valence-corrected chi connectivity index (χ4v) is 2.41. The van der Waals surface area contributed by atoms with Gasteiger partial charge in [-0.25, -0.2) is 4.79 Å². The van der Waals surface area contributed by atoms with Gasteiger partial charge in [-0.1, -0.05) is 33.6 Å². The van der Waals surface area contributed by atoms with Crippen LogP contribution in [0.25, 0.3) is 0 Å². The molecule has 2 N–H and O–H groups in total. The first-order valence-electron chi connectivity index (χ1n) is 6.21. The monoisotopic (exact) mass is 369 g/mol. The molecule has 0 atom stereocenters. The van der Waals surface area contributed by atoms with Gasteiger partial charge in [0.15, 0.2) is 5.75 Å².